The number of hydrogen-bond donors (Lipinski definition) is 1. The molecule has 3 nitrogen and oxygen atoms in total. The monoisotopic (exact) mass is 285 g/mol. The molecule has 112 valence electrons. The fourth-order valence-corrected chi connectivity index (χ4v) is 2.68. The number of carboxylic acids is 1. The van der Waals surface area contributed by atoms with Crippen LogP contribution >= 0.6 is 0 Å². The lowest BCUT2D eigenvalue weighted by atomic mass is 10.0. The Morgan fingerprint density at radius 2 is 1.86 bits per heavy atom. The second kappa shape index (κ2) is 7.23. The van der Waals surface area contributed by atoms with Crippen molar-refractivity contribution in [3.63, 3.8) is 0 Å². The fraction of sp³-hybridized carbons (Fsp3) is 0.389. The summed E-state index contributed by atoms with van der Waals surface area (Å²) in [7, 11) is 0. The van der Waals surface area contributed by atoms with E-state index in [1.54, 1.807) is 0 Å². The van der Waals surface area contributed by atoms with Crippen LogP contribution in [-0.4, -0.2) is 35.1 Å². The van der Waals surface area contributed by atoms with Gasteiger partial charge >= 0.3 is 5.97 Å². The van der Waals surface area contributed by atoms with Gasteiger partial charge in [0.25, 0.3) is 0 Å². The summed E-state index contributed by atoms with van der Waals surface area (Å²) in [6.07, 6.45) is 1.95. The normalized spacial score (nSPS) is 11.4. The van der Waals surface area contributed by atoms with E-state index in [1.807, 2.05) is 18.7 Å². The summed E-state index contributed by atoms with van der Waals surface area (Å²) in [5.74, 6) is -0.756. The predicted molar refractivity (Wildman–Crippen MR) is 86.6 cm³/mol. The molecule has 0 saturated heterocycles. The van der Waals surface area contributed by atoms with E-state index in [4.69, 9.17) is 5.11 Å². The zero-order chi connectivity index (χ0) is 15.2. The molecule has 0 aliphatic heterocycles. The zero-order valence-electron chi connectivity index (χ0n) is 12.7. The number of rotatable bonds is 7. The minimum Gasteiger partial charge on any atom is -0.480 e. The number of hydrogen-bond acceptors (Lipinski definition) is 2. The molecule has 0 aromatic heterocycles. The van der Waals surface area contributed by atoms with Crippen LogP contribution in [0.5, 0.6) is 0 Å². The van der Waals surface area contributed by atoms with Crippen molar-refractivity contribution in [2.24, 2.45) is 0 Å². The first-order valence-electron chi connectivity index (χ1n) is 7.50. The van der Waals surface area contributed by atoms with Crippen LogP contribution < -0.4 is 0 Å². The van der Waals surface area contributed by atoms with Gasteiger partial charge in [0.15, 0.2) is 0 Å². The van der Waals surface area contributed by atoms with Crippen molar-refractivity contribution < 1.29 is 9.90 Å². The van der Waals surface area contributed by atoms with Gasteiger partial charge in [-0.2, -0.15) is 0 Å². The van der Waals surface area contributed by atoms with Crippen molar-refractivity contribution in [1.82, 2.24) is 4.90 Å². The van der Waals surface area contributed by atoms with Gasteiger partial charge in [0.2, 0.25) is 0 Å². The zero-order valence-corrected chi connectivity index (χ0v) is 12.7. The van der Waals surface area contributed by atoms with Crippen molar-refractivity contribution in [1.29, 1.82) is 0 Å². The Bertz CT molecular complexity index is 602. The number of nitrogens with zero attached hydrogens (tertiary/aromatic N) is 1. The van der Waals surface area contributed by atoms with E-state index in [0.29, 0.717) is 0 Å². The molecular formula is C18H23NO2. The smallest absolute Gasteiger partial charge is 0.317 e. The summed E-state index contributed by atoms with van der Waals surface area (Å²) in [4.78, 5) is 12.9. The number of aliphatic carboxylic acids is 1. The number of carboxylic acid groups (broad SMARTS) is 1. The van der Waals surface area contributed by atoms with Gasteiger partial charge in [-0.25, -0.2) is 0 Å². The highest BCUT2D eigenvalue weighted by atomic mass is 16.4. The molecule has 2 aromatic rings. The minimum atomic E-state index is -0.756. The molecule has 1 N–H and O–H groups in total. The van der Waals surface area contributed by atoms with E-state index in [9.17, 15) is 4.79 Å². The number of benzene rings is 2. The number of aryl methyl sites for hydroxylation is 1. The second-order valence-electron chi connectivity index (χ2n) is 5.70. The largest absolute Gasteiger partial charge is 0.480 e. The van der Waals surface area contributed by atoms with Crippen molar-refractivity contribution in [3.8, 4) is 0 Å². The van der Waals surface area contributed by atoms with Gasteiger partial charge in [0, 0.05) is 6.04 Å². The third-order valence-corrected chi connectivity index (χ3v) is 3.84. The highest BCUT2D eigenvalue weighted by Crippen LogP contribution is 2.19. The molecule has 0 atom stereocenters. The average Bonchev–Trinajstić information content (AvgIpc) is 2.46. The third-order valence-electron chi connectivity index (χ3n) is 3.84. The summed E-state index contributed by atoms with van der Waals surface area (Å²) in [5, 5.41) is 11.5. The maximum Gasteiger partial charge on any atom is 0.317 e. The quantitative estimate of drug-likeness (QED) is 0.845. The Morgan fingerprint density at radius 3 is 2.57 bits per heavy atom. The third kappa shape index (κ3) is 4.30. The fourth-order valence-electron chi connectivity index (χ4n) is 2.68. The standard InChI is InChI=1S/C18H23NO2/c1-14(2)19(13-18(20)21)12-6-10-16-9-5-8-15-7-3-4-11-17(15)16/h3-5,7-9,11,14H,6,10,12-13H2,1-2H3,(H,20,21). The van der Waals surface area contributed by atoms with Crippen LogP contribution in [0.3, 0.4) is 0 Å². The van der Waals surface area contributed by atoms with Gasteiger partial charge in [-0.1, -0.05) is 42.5 Å². The lowest BCUT2D eigenvalue weighted by Crippen LogP contribution is -2.36. The van der Waals surface area contributed by atoms with Gasteiger partial charge in [0.05, 0.1) is 6.54 Å². The number of carbonyl (C=O) groups is 1. The second-order valence-corrected chi connectivity index (χ2v) is 5.70. The first kappa shape index (κ1) is 15.5. The molecule has 0 amide bonds. The van der Waals surface area contributed by atoms with E-state index in [1.165, 1.54) is 16.3 Å². The van der Waals surface area contributed by atoms with E-state index in [2.05, 4.69) is 42.5 Å². The topological polar surface area (TPSA) is 40.5 Å². The molecular weight excluding hydrogens is 262 g/mol. The maximum atomic E-state index is 10.9. The van der Waals surface area contributed by atoms with Crippen molar-refractivity contribution >= 4 is 16.7 Å². The van der Waals surface area contributed by atoms with E-state index >= 15 is 0 Å². The van der Waals surface area contributed by atoms with Gasteiger partial charge in [-0.3, -0.25) is 9.69 Å². The van der Waals surface area contributed by atoms with Crippen LogP contribution in [0.4, 0.5) is 0 Å². The minimum absolute atomic E-state index is 0.118. The van der Waals surface area contributed by atoms with Crippen molar-refractivity contribution in [2.45, 2.75) is 32.7 Å². The molecule has 0 fully saturated rings. The molecule has 2 aromatic carbocycles. The molecule has 0 spiro atoms. The summed E-state index contributed by atoms with van der Waals surface area (Å²) in [6.45, 7) is 5.02. The van der Waals surface area contributed by atoms with Gasteiger partial charge < -0.3 is 5.11 Å². The van der Waals surface area contributed by atoms with Crippen LogP contribution in [0.2, 0.25) is 0 Å². The summed E-state index contributed by atoms with van der Waals surface area (Å²) in [6, 6.07) is 15.0. The predicted octanol–water partition coefficient (Wildman–Crippen LogP) is 3.57. The summed E-state index contributed by atoms with van der Waals surface area (Å²) < 4.78 is 0. The Hall–Kier alpha value is -1.87. The highest BCUT2D eigenvalue weighted by molar-refractivity contribution is 5.85. The van der Waals surface area contributed by atoms with E-state index < -0.39 is 5.97 Å². The molecule has 0 aliphatic carbocycles. The Labute approximate surface area is 126 Å². The molecule has 2 rings (SSSR count). The van der Waals surface area contributed by atoms with Crippen molar-refractivity contribution in [2.75, 3.05) is 13.1 Å². The maximum absolute atomic E-state index is 10.9. The van der Waals surface area contributed by atoms with Crippen LogP contribution in [-0.2, 0) is 11.2 Å². The lowest BCUT2D eigenvalue weighted by Gasteiger charge is -2.24. The first-order chi connectivity index (χ1) is 10.1. The van der Waals surface area contributed by atoms with Crippen molar-refractivity contribution in [3.05, 3.63) is 48.0 Å². The number of fused-ring (bicyclic) bond motifs is 1. The Morgan fingerprint density at radius 1 is 1.14 bits per heavy atom. The van der Waals surface area contributed by atoms with Crippen LogP contribution in [0.25, 0.3) is 10.8 Å². The van der Waals surface area contributed by atoms with Crippen LogP contribution in [0.1, 0.15) is 25.8 Å². The Kier molecular flexibility index (Phi) is 5.34. The lowest BCUT2D eigenvalue weighted by molar-refractivity contribution is -0.138. The van der Waals surface area contributed by atoms with Gasteiger partial charge in [-0.05, 0) is 49.6 Å². The van der Waals surface area contributed by atoms with Gasteiger partial charge in [-0.15, -0.1) is 0 Å². The van der Waals surface area contributed by atoms with E-state index in [0.717, 1.165) is 19.4 Å². The van der Waals surface area contributed by atoms with Gasteiger partial charge in [0.1, 0.15) is 0 Å². The molecule has 0 aliphatic rings. The van der Waals surface area contributed by atoms with Crippen LogP contribution in [0, 0.1) is 0 Å². The molecule has 0 heterocycles. The van der Waals surface area contributed by atoms with E-state index in [-0.39, 0.29) is 12.6 Å². The molecule has 0 bridgehead atoms. The SMILES string of the molecule is CC(C)N(CCCc1cccc2ccccc12)CC(=O)O. The molecule has 0 radical (unpaired) electrons. The Balaban J connectivity index is 2.00. The summed E-state index contributed by atoms with van der Waals surface area (Å²) in [5.41, 5.74) is 1.34. The molecule has 3 heteroatoms. The highest BCUT2D eigenvalue weighted by Gasteiger charge is 2.12. The first-order valence-corrected chi connectivity index (χ1v) is 7.50. The average molecular weight is 285 g/mol. The molecule has 21 heavy (non-hydrogen) atoms. The molecule has 0 saturated carbocycles. The molecule has 0 unspecified atom stereocenters. The van der Waals surface area contributed by atoms with Crippen LogP contribution in [0.15, 0.2) is 42.5 Å². The summed E-state index contributed by atoms with van der Waals surface area (Å²) >= 11 is 0.